The van der Waals surface area contributed by atoms with E-state index in [1.807, 2.05) is 0 Å². The van der Waals surface area contributed by atoms with E-state index in [9.17, 15) is 14.4 Å². The highest BCUT2D eigenvalue weighted by Gasteiger charge is 2.19. The Morgan fingerprint density at radius 2 is 0.574 bits per heavy atom. The predicted molar refractivity (Wildman–Crippen MR) is 197 cm³/mol. The highest BCUT2D eigenvalue weighted by Crippen LogP contribution is 2.15. The summed E-state index contributed by atoms with van der Waals surface area (Å²) in [6.07, 6.45) is 35.3. The topological polar surface area (TPSA) is 78.9 Å². The van der Waals surface area contributed by atoms with E-state index in [0.717, 1.165) is 57.8 Å². The molecule has 0 fully saturated rings. The van der Waals surface area contributed by atoms with Crippen molar-refractivity contribution in [2.75, 3.05) is 13.2 Å². The van der Waals surface area contributed by atoms with Crippen LogP contribution in [0.3, 0.4) is 0 Å². The van der Waals surface area contributed by atoms with Crippen LogP contribution in [-0.2, 0) is 28.6 Å². The molecule has 1 atom stereocenters. The molecule has 0 amide bonds. The molecule has 278 valence electrons. The van der Waals surface area contributed by atoms with E-state index in [0.29, 0.717) is 19.3 Å². The Labute approximate surface area is 291 Å². The summed E-state index contributed by atoms with van der Waals surface area (Å²) in [4.78, 5) is 37.3. The molecular weight excluding hydrogens is 588 g/mol. The lowest BCUT2D eigenvalue weighted by Crippen LogP contribution is -2.30. The van der Waals surface area contributed by atoms with Gasteiger partial charge in [0.05, 0.1) is 0 Å². The van der Waals surface area contributed by atoms with E-state index in [2.05, 4.69) is 20.8 Å². The van der Waals surface area contributed by atoms with Crippen molar-refractivity contribution in [3.63, 3.8) is 0 Å². The lowest BCUT2D eigenvalue weighted by Gasteiger charge is -2.18. The fourth-order valence-corrected chi connectivity index (χ4v) is 5.97. The van der Waals surface area contributed by atoms with Gasteiger partial charge in [-0.05, 0) is 19.3 Å². The van der Waals surface area contributed by atoms with E-state index >= 15 is 0 Å². The molecule has 0 N–H and O–H groups in total. The number of esters is 3. The molecule has 6 heteroatoms. The van der Waals surface area contributed by atoms with Crippen LogP contribution in [0.1, 0.15) is 226 Å². The molecule has 0 radical (unpaired) electrons. The standard InChI is InChI=1S/C41H78O6/c1-4-7-10-13-16-18-20-21-22-24-25-28-31-34-40(43)46-37-38(36-45-39(42)33-30-27-15-12-9-6-3)47-41(44)35-32-29-26-23-19-17-14-11-8-5-2/h38H,4-37H2,1-3H3. The Hall–Kier alpha value is -1.59. The van der Waals surface area contributed by atoms with Gasteiger partial charge in [-0.2, -0.15) is 0 Å². The van der Waals surface area contributed by atoms with Gasteiger partial charge < -0.3 is 14.2 Å². The molecule has 47 heavy (non-hydrogen) atoms. The van der Waals surface area contributed by atoms with Gasteiger partial charge >= 0.3 is 17.9 Å². The minimum Gasteiger partial charge on any atom is -0.462 e. The summed E-state index contributed by atoms with van der Waals surface area (Å²) in [6.45, 7) is 6.56. The molecule has 0 saturated heterocycles. The molecule has 0 spiro atoms. The summed E-state index contributed by atoms with van der Waals surface area (Å²) in [5.41, 5.74) is 0. The quantitative estimate of drug-likeness (QED) is 0.0373. The van der Waals surface area contributed by atoms with Gasteiger partial charge in [0.25, 0.3) is 0 Å². The number of rotatable bonds is 37. The van der Waals surface area contributed by atoms with Gasteiger partial charge in [-0.3, -0.25) is 14.4 Å². The first-order valence-electron chi connectivity index (χ1n) is 20.5. The number of unbranched alkanes of at least 4 members (excludes halogenated alkanes) is 26. The molecular formula is C41H78O6. The molecule has 0 aliphatic rings. The third-order valence-corrected chi connectivity index (χ3v) is 9.11. The molecule has 6 nitrogen and oxygen atoms in total. The predicted octanol–water partition coefficient (Wildman–Crippen LogP) is 12.5. The number of hydrogen-bond acceptors (Lipinski definition) is 6. The third kappa shape index (κ3) is 35.5. The number of ether oxygens (including phenoxy) is 3. The second-order valence-corrected chi connectivity index (χ2v) is 13.9. The van der Waals surface area contributed by atoms with Crippen LogP contribution >= 0.6 is 0 Å². The summed E-state index contributed by atoms with van der Waals surface area (Å²) >= 11 is 0. The fourth-order valence-electron chi connectivity index (χ4n) is 5.97. The molecule has 1 unspecified atom stereocenters. The second-order valence-electron chi connectivity index (χ2n) is 13.9. The highest BCUT2D eigenvalue weighted by molar-refractivity contribution is 5.71. The minimum absolute atomic E-state index is 0.0641. The summed E-state index contributed by atoms with van der Waals surface area (Å²) in [6, 6.07) is 0. The highest BCUT2D eigenvalue weighted by atomic mass is 16.6. The van der Waals surface area contributed by atoms with Crippen LogP contribution in [0.4, 0.5) is 0 Å². The SMILES string of the molecule is CCCCCCCCCCCCCCCC(=O)OCC(COC(=O)CCCCCCCC)OC(=O)CCCCCCCCCCCC. The maximum atomic E-state index is 12.6. The Morgan fingerprint density at radius 3 is 0.851 bits per heavy atom. The normalized spacial score (nSPS) is 11.8. The Balaban J connectivity index is 4.26. The zero-order chi connectivity index (χ0) is 34.5. The van der Waals surface area contributed by atoms with Gasteiger partial charge in [-0.15, -0.1) is 0 Å². The first-order chi connectivity index (χ1) is 23.0. The average Bonchev–Trinajstić information content (AvgIpc) is 3.06. The van der Waals surface area contributed by atoms with Crippen LogP contribution in [-0.4, -0.2) is 37.2 Å². The number of hydrogen-bond donors (Lipinski definition) is 0. The number of carbonyl (C=O) groups excluding carboxylic acids is 3. The molecule has 0 aromatic carbocycles. The summed E-state index contributed by atoms with van der Waals surface area (Å²) in [5.74, 6) is -0.870. The van der Waals surface area contributed by atoms with Crippen molar-refractivity contribution in [1.82, 2.24) is 0 Å². The van der Waals surface area contributed by atoms with Gasteiger partial charge in [-0.1, -0.05) is 188 Å². The van der Waals surface area contributed by atoms with Gasteiger partial charge in [0.2, 0.25) is 0 Å². The molecule has 0 aromatic rings. The van der Waals surface area contributed by atoms with Gasteiger partial charge in [-0.25, -0.2) is 0 Å². The Morgan fingerprint density at radius 1 is 0.340 bits per heavy atom. The third-order valence-electron chi connectivity index (χ3n) is 9.11. The van der Waals surface area contributed by atoms with Crippen LogP contribution in [0.5, 0.6) is 0 Å². The Kier molecular flexibility index (Phi) is 36.0. The monoisotopic (exact) mass is 667 g/mol. The second kappa shape index (κ2) is 37.2. The van der Waals surface area contributed by atoms with Crippen molar-refractivity contribution in [2.45, 2.75) is 232 Å². The zero-order valence-corrected chi connectivity index (χ0v) is 31.6. The molecule has 0 rings (SSSR count). The Bertz CT molecular complexity index is 693. The lowest BCUT2D eigenvalue weighted by atomic mass is 10.0. The minimum atomic E-state index is -0.755. The maximum absolute atomic E-state index is 12.6. The average molecular weight is 667 g/mol. The van der Waals surface area contributed by atoms with Crippen molar-refractivity contribution in [3.8, 4) is 0 Å². The smallest absolute Gasteiger partial charge is 0.306 e. The molecule has 0 aromatic heterocycles. The largest absolute Gasteiger partial charge is 0.462 e. The summed E-state index contributed by atoms with van der Waals surface area (Å²) < 4.78 is 16.6. The van der Waals surface area contributed by atoms with Crippen LogP contribution in [0.15, 0.2) is 0 Å². The number of carbonyl (C=O) groups is 3. The first-order valence-corrected chi connectivity index (χ1v) is 20.5. The van der Waals surface area contributed by atoms with Gasteiger partial charge in [0.1, 0.15) is 13.2 Å². The molecule has 0 heterocycles. The molecule has 0 aliphatic heterocycles. The molecule has 0 saturated carbocycles. The zero-order valence-electron chi connectivity index (χ0n) is 31.6. The van der Waals surface area contributed by atoms with E-state index in [1.165, 1.54) is 128 Å². The maximum Gasteiger partial charge on any atom is 0.306 e. The van der Waals surface area contributed by atoms with Crippen LogP contribution in [0.2, 0.25) is 0 Å². The van der Waals surface area contributed by atoms with Gasteiger partial charge in [0, 0.05) is 19.3 Å². The molecule has 0 aliphatic carbocycles. The first kappa shape index (κ1) is 45.4. The summed E-state index contributed by atoms with van der Waals surface area (Å²) in [5, 5.41) is 0. The summed E-state index contributed by atoms with van der Waals surface area (Å²) in [7, 11) is 0. The van der Waals surface area contributed by atoms with Crippen molar-refractivity contribution in [2.24, 2.45) is 0 Å². The van der Waals surface area contributed by atoms with Crippen LogP contribution < -0.4 is 0 Å². The lowest BCUT2D eigenvalue weighted by molar-refractivity contribution is -0.167. The van der Waals surface area contributed by atoms with Crippen LogP contribution in [0, 0.1) is 0 Å². The van der Waals surface area contributed by atoms with E-state index in [-0.39, 0.29) is 31.1 Å². The van der Waals surface area contributed by atoms with E-state index in [1.54, 1.807) is 0 Å². The van der Waals surface area contributed by atoms with Crippen molar-refractivity contribution < 1.29 is 28.6 Å². The van der Waals surface area contributed by atoms with Crippen LogP contribution in [0.25, 0.3) is 0 Å². The van der Waals surface area contributed by atoms with E-state index in [4.69, 9.17) is 14.2 Å². The fraction of sp³-hybridized carbons (Fsp3) is 0.927. The molecule has 0 bridgehead atoms. The van der Waals surface area contributed by atoms with Gasteiger partial charge in [0.15, 0.2) is 6.10 Å². The van der Waals surface area contributed by atoms with Crippen molar-refractivity contribution in [1.29, 1.82) is 0 Å². The van der Waals surface area contributed by atoms with Crippen molar-refractivity contribution >= 4 is 17.9 Å². The van der Waals surface area contributed by atoms with E-state index < -0.39 is 6.10 Å². The van der Waals surface area contributed by atoms with Crippen molar-refractivity contribution in [3.05, 3.63) is 0 Å².